The summed E-state index contributed by atoms with van der Waals surface area (Å²) in [6, 6.07) is 5.85. The number of aryl methyl sites for hydroxylation is 1. The number of benzene rings is 2. The van der Waals surface area contributed by atoms with E-state index in [1.165, 1.54) is 35.9 Å². The summed E-state index contributed by atoms with van der Waals surface area (Å²) in [5.74, 6) is -0.120. The standard InChI is InChI=1S/C29H30FN6O8PS/c1-5-42-26-14-33-27-19(8-15(2)9-22(27)34-26)28-35-21-10-20(30)23(11-24(21)46-28)44-17(4)16(3)36(29(37)38)18-12-31-25(32-13-18)6-7-43-45(39,40)41/h8-14,16-17H,5-7H2,1-4H3,(H,37,38)(H2,39,40,41)/t16-,17+/m1/s1. The van der Waals surface area contributed by atoms with Gasteiger partial charge in [0.25, 0.3) is 0 Å². The number of hydrogen-bond donors (Lipinski definition) is 3. The summed E-state index contributed by atoms with van der Waals surface area (Å²) in [5, 5.41) is 10.6. The molecule has 0 bridgehead atoms. The van der Waals surface area contributed by atoms with Gasteiger partial charge in [-0.3, -0.25) is 9.42 Å². The van der Waals surface area contributed by atoms with Crippen LogP contribution in [-0.4, -0.2) is 71.3 Å². The lowest BCUT2D eigenvalue weighted by Gasteiger charge is -2.30. The fourth-order valence-corrected chi connectivity index (χ4v) is 5.97. The normalized spacial score (nSPS) is 13.1. The highest BCUT2D eigenvalue weighted by Crippen LogP contribution is 2.38. The van der Waals surface area contributed by atoms with Crippen molar-refractivity contribution in [3.05, 3.63) is 60.1 Å². The van der Waals surface area contributed by atoms with Gasteiger partial charge in [0.15, 0.2) is 11.6 Å². The number of phosphoric ester groups is 1. The summed E-state index contributed by atoms with van der Waals surface area (Å²) < 4.78 is 42.6. The monoisotopic (exact) mass is 672 g/mol. The van der Waals surface area contributed by atoms with Crippen molar-refractivity contribution < 1.29 is 42.6 Å². The first kappa shape index (κ1) is 33.0. The van der Waals surface area contributed by atoms with Crippen LogP contribution in [0.5, 0.6) is 11.6 Å². The van der Waals surface area contributed by atoms with Crippen LogP contribution in [0.1, 0.15) is 32.2 Å². The number of anilines is 1. The van der Waals surface area contributed by atoms with Gasteiger partial charge in [0.2, 0.25) is 5.88 Å². The van der Waals surface area contributed by atoms with Crippen molar-refractivity contribution in [3.8, 4) is 22.2 Å². The third-order valence-electron chi connectivity index (χ3n) is 6.89. The van der Waals surface area contributed by atoms with Crippen molar-refractivity contribution in [2.45, 2.75) is 46.3 Å². The largest absolute Gasteiger partial charge is 0.485 e. The van der Waals surface area contributed by atoms with E-state index in [1.807, 2.05) is 26.0 Å². The average molecular weight is 673 g/mol. The molecule has 242 valence electrons. The molecule has 0 radical (unpaired) electrons. The maximum atomic E-state index is 15.3. The first-order chi connectivity index (χ1) is 21.8. The van der Waals surface area contributed by atoms with Gasteiger partial charge < -0.3 is 24.4 Å². The number of amides is 1. The molecule has 5 aromatic rings. The van der Waals surface area contributed by atoms with Crippen LogP contribution in [-0.2, 0) is 15.5 Å². The number of carboxylic acid groups (broad SMARTS) is 1. The molecular weight excluding hydrogens is 642 g/mol. The number of thiazole rings is 1. The predicted molar refractivity (Wildman–Crippen MR) is 168 cm³/mol. The SMILES string of the molecule is CCOc1cnc2c(-c3nc4cc(F)c(O[C@@H](C)[C@@H](C)N(C(=O)O)c5cnc(CCOP(=O)(O)O)nc5)cc4s3)cc(C)cc2n1. The Kier molecular flexibility index (Phi) is 9.74. The van der Waals surface area contributed by atoms with Crippen LogP contribution in [0, 0.1) is 12.7 Å². The van der Waals surface area contributed by atoms with Crippen molar-refractivity contribution >= 4 is 52.2 Å². The van der Waals surface area contributed by atoms with Gasteiger partial charge in [0.1, 0.15) is 16.9 Å². The summed E-state index contributed by atoms with van der Waals surface area (Å²) in [7, 11) is -4.63. The lowest BCUT2D eigenvalue weighted by molar-refractivity contribution is 0.166. The molecule has 3 N–H and O–H groups in total. The Morgan fingerprint density at radius 3 is 2.48 bits per heavy atom. The summed E-state index contributed by atoms with van der Waals surface area (Å²) in [6.07, 6.45) is 1.95. The molecule has 0 saturated heterocycles. The molecule has 3 aromatic heterocycles. The van der Waals surface area contributed by atoms with Crippen LogP contribution < -0.4 is 14.4 Å². The quantitative estimate of drug-likeness (QED) is 0.140. The Balaban J connectivity index is 1.36. The van der Waals surface area contributed by atoms with E-state index in [1.54, 1.807) is 20.0 Å². The third kappa shape index (κ3) is 7.54. The summed E-state index contributed by atoms with van der Waals surface area (Å²) in [5.41, 5.74) is 3.52. The lowest BCUT2D eigenvalue weighted by Crippen LogP contribution is -2.46. The number of fused-ring (bicyclic) bond motifs is 2. The van der Waals surface area contributed by atoms with Crippen LogP contribution in [0.15, 0.2) is 42.9 Å². The third-order valence-corrected chi connectivity index (χ3v) is 8.46. The van der Waals surface area contributed by atoms with Crippen LogP contribution in [0.2, 0.25) is 0 Å². The van der Waals surface area contributed by atoms with Crippen molar-refractivity contribution in [2.75, 3.05) is 18.1 Å². The topological polar surface area (TPSA) is 190 Å². The Morgan fingerprint density at radius 1 is 1.07 bits per heavy atom. The number of nitrogens with zero attached hydrogens (tertiary/aromatic N) is 6. The fourth-order valence-electron chi connectivity index (χ4n) is 4.65. The molecule has 2 aromatic carbocycles. The van der Waals surface area contributed by atoms with Gasteiger partial charge in [0.05, 0.1) is 64.8 Å². The molecule has 46 heavy (non-hydrogen) atoms. The van der Waals surface area contributed by atoms with Gasteiger partial charge in [-0.25, -0.2) is 38.7 Å². The van der Waals surface area contributed by atoms with Gasteiger partial charge in [-0.15, -0.1) is 11.3 Å². The van der Waals surface area contributed by atoms with Crippen molar-refractivity contribution in [1.82, 2.24) is 24.9 Å². The zero-order chi connectivity index (χ0) is 33.2. The minimum atomic E-state index is -4.63. The van der Waals surface area contributed by atoms with Gasteiger partial charge in [-0.2, -0.15) is 0 Å². The Morgan fingerprint density at radius 2 is 1.80 bits per heavy atom. The zero-order valence-electron chi connectivity index (χ0n) is 25.1. The number of aromatic nitrogens is 5. The van der Waals surface area contributed by atoms with Crippen LogP contribution in [0.25, 0.3) is 31.8 Å². The highest BCUT2D eigenvalue weighted by Gasteiger charge is 2.29. The van der Waals surface area contributed by atoms with E-state index in [0.29, 0.717) is 38.7 Å². The zero-order valence-corrected chi connectivity index (χ0v) is 26.8. The predicted octanol–water partition coefficient (Wildman–Crippen LogP) is 5.53. The molecule has 14 nitrogen and oxygen atoms in total. The summed E-state index contributed by atoms with van der Waals surface area (Å²) in [4.78, 5) is 52.7. The van der Waals surface area contributed by atoms with Gasteiger partial charge in [-0.05, 0) is 45.4 Å². The molecule has 1 amide bonds. The Labute approximate surface area is 266 Å². The second kappa shape index (κ2) is 13.6. The highest BCUT2D eigenvalue weighted by molar-refractivity contribution is 7.46. The Bertz CT molecular complexity index is 1940. The molecule has 0 unspecified atom stereocenters. The van der Waals surface area contributed by atoms with Gasteiger partial charge in [0, 0.05) is 24.1 Å². The molecule has 0 spiro atoms. The molecule has 3 heterocycles. The van der Waals surface area contributed by atoms with E-state index in [4.69, 9.17) is 19.3 Å². The summed E-state index contributed by atoms with van der Waals surface area (Å²) >= 11 is 1.33. The average Bonchev–Trinajstić information content (AvgIpc) is 3.39. The van der Waals surface area contributed by atoms with E-state index in [9.17, 15) is 14.5 Å². The molecule has 2 atom stereocenters. The van der Waals surface area contributed by atoms with Gasteiger partial charge >= 0.3 is 13.9 Å². The first-order valence-corrected chi connectivity index (χ1v) is 16.4. The lowest BCUT2D eigenvalue weighted by atomic mass is 10.1. The maximum absolute atomic E-state index is 15.3. The van der Waals surface area contributed by atoms with E-state index < -0.39 is 31.9 Å². The Hall–Kier alpha value is -4.34. The number of carbonyl (C=O) groups is 1. The van der Waals surface area contributed by atoms with E-state index in [0.717, 1.165) is 16.0 Å². The summed E-state index contributed by atoms with van der Waals surface area (Å²) in [6.45, 7) is 7.15. The molecule has 17 heteroatoms. The molecule has 0 saturated carbocycles. The number of rotatable bonds is 12. The molecule has 0 fully saturated rings. The van der Waals surface area contributed by atoms with E-state index >= 15 is 4.39 Å². The molecule has 5 rings (SSSR count). The van der Waals surface area contributed by atoms with Crippen molar-refractivity contribution in [3.63, 3.8) is 0 Å². The molecular formula is C29H30FN6O8PS. The van der Waals surface area contributed by atoms with Crippen LogP contribution in [0.4, 0.5) is 14.9 Å². The van der Waals surface area contributed by atoms with Crippen LogP contribution >= 0.6 is 19.2 Å². The van der Waals surface area contributed by atoms with Crippen molar-refractivity contribution in [1.29, 1.82) is 0 Å². The highest BCUT2D eigenvalue weighted by atomic mass is 32.1. The molecule has 0 aliphatic rings. The first-order valence-electron chi connectivity index (χ1n) is 14.0. The van der Waals surface area contributed by atoms with Gasteiger partial charge in [-0.1, -0.05) is 0 Å². The van der Waals surface area contributed by atoms with Crippen LogP contribution in [0.3, 0.4) is 0 Å². The minimum Gasteiger partial charge on any atom is -0.485 e. The van der Waals surface area contributed by atoms with E-state index in [-0.39, 0.29) is 30.3 Å². The maximum Gasteiger partial charge on any atom is 0.469 e. The number of ether oxygens (including phenoxy) is 2. The van der Waals surface area contributed by atoms with E-state index in [2.05, 4.69) is 29.4 Å². The fraction of sp³-hybridized carbons (Fsp3) is 0.310. The minimum absolute atomic E-state index is 0.00305. The number of phosphoric acid groups is 1. The molecule has 0 aliphatic heterocycles. The second-order valence-corrected chi connectivity index (χ2v) is 12.5. The molecule has 0 aliphatic carbocycles. The van der Waals surface area contributed by atoms with Crippen molar-refractivity contribution in [2.24, 2.45) is 0 Å². The number of hydrogen-bond acceptors (Lipinski definition) is 11. The number of halogens is 1. The smallest absolute Gasteiger partial charge is 0.469 e. The second-order valence-electron chi connectivity index (χ2n) is 10.2.